The third-order valence-corrected chi connectivity index (χ3v) is 6.71. The van der Waals surface area contributed by atoms with Gasteiger partial charge in [0.1, 0.15) is 11.5 Å². The highest BCUT2D eigenvalue weighted by atomic mass is 16.1. The summed E-state index contributed by atoms with van der Waals surface area (Å²) in [6.45, 7) is 9.05. The number of nitrogens with one attached hydrogen (secondary N) is 1. The van der Waals surface area contributed by atoms with E-state index in [2.05, 4.69) is 56.0 Å². The number of carbonyl (C=O) groups is 1. The molecule has 6 nitrogen and oxygen atoms in total. The molecule has 0 atom stereocenters. The van der Waals surface area contributed by atoms with Crippen molar-refractivity contribution in [2.24, 2.45) is 0 Å². The first-order chi connectivity index (χ1) is 14.5. The SMILES string of the molecule is Cc1nc(C(=O)NCc2ccc(N3CCCCC3)cc2)c(C)n1C1CCN(C)CC1. The Labute approximate surface area is 180 Å². The van der Waals surface area contributed by atoms with Crippen molar-refractivity contribution in [1.82, 2.24) is 19.8 Å². The molecule has 1 N–H and O–H groups in total. The fraction of sp³-hybridized carbons (Fsp3) is 0.583. The molecule has 4 rings (SSSR count). The first-order valence-corrected chi connectivity index (χ1v) is 11.4. The lowest BCUT2D eigenvalue weighted by Gasteiger charge is -2.31. The van der Waals surface area contributed by atoms with Crippen LogP contribution < -0.4 is 10.2 Å². The smallest absolute Gasteiger partial charge is 0.272 e. The number of hydrogen-bond donors (Lipinski definition) is 1. The molecule has 0 unspecified atom stereocenters. The molecular formula is C24H35N5O. The number of amides is 1. The lowest BCUT2D eigenvalue weighted by atomic mass is 10.0. The summed E-state index contributed by atoms with van der Waals surface area (Å²) in [6, 6.07) is 9.05. The van der Waals surface area contributed by atoms with Gasteiger partial charge in [-0.3, -0.25) is 4.79 Å². The number of carbonyl (C=O) groups excluding carboxylic acids is 1. The van der Waals surface area contributed by atoms with E-state index in [1.165, 1.54) is 24.9 Å². The molecule has 162 valence electrons. The van der Waals surface area contributed by atoms with Gasteiger partial charge in [-0.15, -0.1) is 0 Å². The molecule has 2 saturated heterocycles. The summed E-state index contributed by atoms with van der Waals surface area (Å²) in [6.07, 6.45) is 6.12. The van der Waals surface area contributed by atoms with Crippen LogP contribution in [0.25, 0.3) is 0 Å². The van der Waals surface area contributed by atoms with E-state index in [0.29, 0.717) is 18.3 Å². The topological polar surface area (TPSA) is 53.4 Å². The van der Waals surface area contributed by atoms with Gasteiger partial charge in [-0.1, -0.05) is 12.1 Å². The maximum absolute atomic E-state index is 12.9. The summed E-state index contributed by atoms with van der Waals surface area (Å²) in [7, 11) is 2.17. The molecule has 2 aliphatic rings. The van der Waals surface area contributed by atoms with Crippen LogP contribution in [0.2, 0.25) is 0 Å². The summed E-state index contributed by atoms with van der Waals surface area (Å²) < 4.78 is 2.27. The largest absolute Gasteiger partial charge is 0.372 e. The van der Waals surface area contributed by atoms with Gasteiger partial charge >= 0.3 is 0 Å². The highest BCUT2D eigenvalue weighted by Gasteiger charge is 2.25. The normalized spacial score (nSPS) is 18.6. The summed E-state index contributed by atoms with van der Waals surface area (Å²) in [4.78, 5) is 22.3. The fourth-order valence-corrected chi connectivity index (χ4v) is 4.90. The first kappa shape index (κ1) is 20.9. The van der Waals surface area contributed by atoms with Crippen LogP contribution in [0.4, 0.5) is 5.69 Å². The van der Waals surface area contributed by atoms with Crippen molar-refractivity contribution in [3.8, 4) is 0 Å². The van der Waals surface area contributed by atoms with Crippen LogP contribution in [0.5, 0.6) is 0 Å². The Bertz CT molecular complexity index is 858. The Balaban J connectivity index is 1.38. The van der Waals surface area contributed by atoms with E-state index in [0.717, 1.165) is 56.1 Å². The number of piperidine rings is 2. The maximum atomic E-state index is 12.9. The number of rotatable bonds is 5. The number of aromatic nitrogens is 2. The Kier molecular flexibility index (Phi) is 6.42. The number of likely N-dealkylation sites (tertiary alicyclic amines) is 1. The van der Waals surface area contributed by atoms with E-state index in [1.54, 1.807) is 0 Å². The van der Waals surface area contributed by atoms with Crippen molar-refractivity contribution in [2.45, 2.75) is 58.5 Å². The van der Waals surface area contributed by atoms with Crippen LogP contribution in [0.1, 0.15) is 65.7 Å². The summed E-state index contributed by atoms with van der Waals surface area (Å²) >= 11 is 0. The van der Waals surface area contributed by atoms with Crippen molar-refractivity contribution in [2.75, 3.05) is 38.1 Å². The van der Waals surface area contributed by atoms with Crippen LogP contribution in [-0.2, 0) is 6.54 Å². The number of imidazole rings is 1. The Morgan fingerprint density at radius 2 is 1.70 bits per heavy atom. The van der Waals surface area contributed by atoms with Crippen molar-refractivity contribution in [3.63, 3.8) is 0 Å². The lowest BCUT2D eigenvalue weighted by Crippen LogP contribution is -2.32. The molecule has 1 amide bonds. The van der Waals surface area contributed by atoms with Crippen molar-refractivity contribution < 1.29 is 4.79 Å². The van der Waals surface area contributed by atoms with Gasteiger partial charge in [0.05, 0.1) is 0 Å². The van der Waals surface area contributed by atoms with Gasteiger partial charge in [-0.25, -0.2) is 4.98 Å². The van der Waals surface area contributed by atoms with E-state index in [1.807, 2.05) is 13.8 Å². The monoisotopic (exact) mass is 409 g/mol. The second-order valence-electron chi connectivity index (χ2n) is 8.89. The molecule has 0 saturated carbocycles. The van der Waals surface area contributed by atoms with Gasteiger partial charge in [0.15, 0.2) is 0 Å². The molecule has 0 spiro atoms. The molecule has 0 aliphatic carbocycles. The van der Waals surface area contributed by atoms with Gasteiger partial charge in [0.2, 0.25) is 0 Å². The van der Waals surface area contributed by atoms with Crippen LogP contribution in [-0.4, -0.2) is 53.6 Å². The molecule has 0 radical (unpaired) electrons. The average molecular weight is 410 g/mol. The number of benzene rings is 1. The number of anilines is 1. The third kappa shape index (κ3) is 4.53. The van der Waals surface area contributed by atoms with E-state index >= 15 is 0 Å². The van der Waals surface area contributed by atoms with Crippen molar-refractivity contribution >= 4 is 11.6 Å². The number of nitrogens with zero attached hydrogens (tertiary/aromatic N) is 4. The molecule has 0 bridgehead atoms. The number of aryl methyl sites for hydroxylation is 1. The lowest BCUT2D eigenvalue weighted by molar-refractivity contribution is 0.0945. The quantitative estimate of drug-likeness (QED) is 0.818. The highest BCUT2D eigenvalue weighted by Crippen LogP contribution is 2.26. The molecular weight excluding hydrogens is 374 g/mol. The van der Waals surface area contributed by atoms with Crippen LogP contribution in [0, 0.1) is 13.8 Å². The standard InChI is InChI=1S/C24H35N5O/c1-18-23(26-19(2)29(18)22-11-15-27(3)16-12-22)24(30)25-17-20-7-9-21(10-8-20)28-13-5-4-6-14-28/h7-10,22H,4-6,11-17H2,1-3H3,(H,25,30). The Morgan fingerprint density at radius 1 is 1.03 bits per heavy atom. The zero-order valence-electron chi connectivity index (χ0n) is 18.7. The zero-order chi connectivity index (χ0) is 21.1. The molecule has 2 fully saturated rings. The molecule has 1 aromatic carbocycles. The van der Waals surface area contributed by atoms with Gasteiger partial charge < -0.3 is 19.7 Å². The van der Waals surface area contributed by atoms with Crippen LogP contribution in [0.3, 0.4) is 0 Å². The van der Waals surface area contributed by atoms with Crippen molar-refractivity contribution in [1.29, 1.82) is 0 Å². The summed E-state index contributed by atoms with van der Waals surface area (Å²) in [5, 5.41) is 3.07. The fourth-order valence-electron chi connectivity index (χ4n) is 4.90. The van der Waals surface area contributed by atoms with Gasteiger partial charge in [-0.2, -0.15) is 0 Å². The second kappa shape index (κ2) is 9.21. The first-order valence-electron chi connectivity index (χ1n) is 11.4. The Morgan fingerprint density at radius 3 is 2.37 bits per heavy atom. The van der Waals surface area contributed by atoms with Crippen molar-refractivity contribution in [3.05, 3.63) is 47.0 Å². The van der Waals surface area contributed by atoms with Gasteiger partial charge in [0.25, 0.3) is 5.91 Å². The average Bonchev–Trinajstić information content (AvgIpc) is 3.08. The molecule has 1 aromatic heterocycles. The van der Waals surface area contributed by atoms with E-state index in [9.17, 15) is 4.79 Å². The molecule has 3 heterocycles. The molecule has 30 heavy (non-hydrogen) atoms. The summed E-state index contributed by atoms with van der Waals surface area (Å²) in [5.74, 6) is 0.862. The van der Waals surface area contributed by atoms with E-state index in [4.69, 9.17) is 0 Å². The predicted molar refractivity (Wildman–Crippen MR) is 121 cm³/mol. The minimum Gasteiger partial charge on any atom is -0.372 e. The van der Waals surface area contributed by atoms with E-state index in [-0.39, 0.29) is 5.91 Å². The highest BCUT2D eigenvalue weighted by molar-refractivity contribution is 5.93. The van der Waals surface area contributed by atoms with Crippen LogP contribution >= 0.6 is 0 Å². The van der Waals surface area contributed by atoms with Gasteiger partial charge in [-0.05, 0) is 83.8 Å². The van der Waals surface area contributed by atoms with Gasteiger partial charge in [0, 0.05) is 37.1 Å². The number of hydrogen-bond acceptors (Lipinski definition) is 4. The minimum atomic E-state index is -0.0811. The maximum Gasteiger partial charge on any atom is 0.272 e. The third-order valence-electron chi connectivity index (χ3n) is 6.71. The Hall–Kier alpha value is -2.34. The molecule has 2 aromatic rings. The zero-order valence-corrected chi connectivity index (χ0v) is 18.7. The van der Waals surface area contributed by atoms with Crippen LogP contribution in [0.15, 0.2) is 24.3 Å². The molecule has 6 heteroatoms. The second-order valence-corrected chi connectivity index (χ2v) is 8.89. The predicted octanol–water partition coefficient (Wildman–Crippen LogP) is 3.69. The molecule has 2 aliphatic heterocycles. The minimum absolute atomic E-state index is 0.0811. The van der Waals surface area contributed by atoms with E-state index < -0.39 is 0 Å². The summed E-state index contributed by atoms with van der Waals surface area (Å²) in [5.41, 5.74) is 3.96.